The predicted octanol–water partition coefficient (Wildman–Crippen LogP) is 6.17. The summed E-state index contributed by atoms with van der Waals surface area (Å²) < 4.78 is 59.2. The first-order valence-electron chi connectivity index (χ1n) is 10.5. The fraction of sp³-hybridized carbons (Fsp3) is 0.217. The van der Waals surface area contributed by atoms with Gasteiger partial charge in [-0.2, -0.15) is 23.3 Å². The highest BCUT2D eigenvalue weighted by Gasteiger charge is 2.35. The van der Waals surface area contributed by atoms with Crippen LogP contribution >= 0.6 is 0 Å². The fourth-order valence-corrected chi connectivity index (χ4v) is 2.75. The molecule has 3 rings (SSSR count). The van der Waals surface area contributed by atoms with Crippen molar-refractivity contribution < 1.29 is 27.1 Å². The minimum Gasteiger partial charge on any atom is -0.449 e. The van der Waals surface area contributed by atoms with Crippen molar-refractivity contribution in [2.24, 2.45) is 5.10 Å². The van der Waals surface area contributed by atoms with Gasteiger partial charge in [0.2, 0.25) is 5.95 Å². The number of aromatic nitrogens is 2. The molecule has 0 saturated carbocycles. The summed E-state index contributed by atoms with van der Waals surface area (Å²) in [6, 6.07) is 11.9. The second-order valence-electron chi connectivity index (χ2n) is 7.17. The number of carbonyl (C=O) groups excluding carboxylic acids is 1. The van der Waals surface area contributed by atoms with Crippen LogP contribution in [0.1, 0.15) is 30.9 Å². The monoisotopic (exact) mass is 490 g/mol. The molecule has 3 N–H and O–H groups in total. The molecule has 2 aromatic carbocycles. The number of amides is 1. The zero-order chi connectivity index (χ0) is 25.3. The maximum absolute atomic E-state index is 13.7. The number of benzene rings is 2. The standard InChI is InChI=1S/C23H22F4N6O2/c1-2-3-11-35-22(34)31-17-9-6-8-16(12-17)30-20-18(23(25,26)27)14-28-21(32-20)33-29-13-15-7-4-5-10-19(15)24/h4-10,12-14H,2-3,11H2,1H3,(H,31,34)(H2,28,30,32,33). The van der Waals surface area contributed by atoms with Crippen LogP contribution in [0.2, 0.25) is 0 Å². The number of carbonyl (C=O) groups is 1. The third-order valence-electron chi connectivity index (χ3n) is 4.47. The van der Waals surface area contributed by atoms with Gasteiger partial charge in [-0.1, -0.05) is 37.6 Å². The third kappa shape index (κ3) is 7.66. The molecule has 35 heavy (non-hydrogen) atoms. The normalized spacial score (nSPS) is 11.3. The molecule has 0 saturated heterocycles. The van der Waals surface area contributed by atoms with Crippen LogP contribution in [0.4, 0.5) is 45.5 Å². The Morgan fingerprint density at radius 1 is 1.14 bits per heavy atom. The highest BCUT2D eigenvalue weighted by molar-refractivity contribution is 5.85. The van der Waals surface area contributed by atoms with E-state index in [4.69, 9.17) is 4.74 Å². The summed E-state index contributed by atoms with van der Waals surface area (Å²) in [6.45, 7) is 2.21. The predicted molar refractivity (Wildman–Crippen MR) is 124 cm³/mol. The summed E-state index contributed by atoms with van der Waals surface area (Å²) in [6.07, 6.45) is -2.09. The Morgan fingerprint density at radius 3 is 2.66 bits per heavy atom. The molecular formula is C23H22F4N6O2. The van der Waals surface area contributed by atoms with E-state index >= 15 is 0 Å². The van der Waals surface area contributed by atoms with Gasteiger partial charge in [0, 0.05) is 23.1 Å². The van der Waals surface area contributed by atoms with Crippen LogP contribution in [0.15, 0.2) is 59.8 Å². The lowest BCUT2D eigenvalue weighted by molar-refractivity contribution is -0.137. The molecule has 0 aliphatic rings. The van der Waals surface area contributed by atoms with Gasteiger partial charge in [-0.15, -0.1) is 0 Å². The highest BCUT2D eigenvalue weighted by Crippen LogP contribution is 2.35. The van der Waals surface area contributed by atoms with Crippen molar-refractivity contribution >= 4 is 35.4 Å². The lowest BCUT2D eigenvalue weighted by atomic mass is 10.2. The first kappa shape index (κ1) is 25.4. The van der Waals surface area contributed by atoms with Crippen molar-refractivity contribution in [1.82, 2.24) is 9.97 Å². The first-order chi connectivity index (χ1) is 16.8. The van der Waals surface area contributed by atoms with Crippen LogP contribution < -0.4 is 16.1 Å². The van der Waals surface area contributed by atoms with Crippen LogP contribution in [-0.4, -0.2) is 28.9 Å². The number of rotatable bonds is 9. The van der Waals surface area contributed by atoms with Gasteiger partial charge in [0.15, 0.2) is 0 Å². The molecule has 0 aliphatic heterocycles. The Morgan fingerprint density at radius 2 is 1.91 bits per heavy atom. The van der Waals surface area contributed by atoms with E-state index in [2.05, 4.69) is 31.1 Å². The number of alkyl halides is 3. The summed E-state index contributed by atoms with van der Waals surface area (Å²) in [5, 5.41) is 8.88. The van der Waals surface area contributed by atoms with Crippen LogP contribution in [0.5, 0.6) is 0 Å². The first-order valence-corrected chi connectivity index (χ1v) is 10.5. The molecular weight excluding hydrogens is 468 g/mol. The topological polar surface area (TPSA) is 101 Å². The summed E-state index contributed by atoms with van der Waals surface area (Å²) in [5.74, 6) is -1.31. The number of anilines is 4. The lowest BCUT2D eigenvalue weighted by Crippen LogP contribution is -2.14. The molecule has 0 aliphatic carbocycles. The fourth-order valence-electron chi connectivity index (χ4n) is 2.75. The van der Waals surface area contributed by atoms with Gasteiger partial charge in [0.1, 0.15) is 17.2 Å². The van der Waals surface area contributed by atoms with Gasteiger partial charge in [-0.05, 0) is 30.7 Å². The van der Waals surface area contributed by atoms with E-state index in [0.29, 0.717) is 18.3 Å². The van der Waals surface area contributed by atoms with E-state index in [1.54, 1.807) is 12.1 Å². The maximum atomic E-state index is 13.7. The molecule has 3 aromatic rings. The van der Waals surface area contributed by atoms with E-state index in [1.165, 1.54) is 36.4 Å². The summed E-state index contributed by atoms with van der Waals surface area (Å²) >= 11 is 0. The molecule has 1 amide bonds. The Kier molecular flexibility index (Phi) is 8.54. The van der Waals surface area contributed by atoms with Gasteiger partial charge < -0.3 is 10.1 Å². The minimum absolute atomic E-state index is 0.169. The molecule has 0 unspecified atom stereocenters. The minimum atomic E-state index is -4.74. The van der Waals surface area contributed by atoms with E-state index in [-0.39, 0.29) is 23.8 Å². The number of hydrogen-bond donors (Lipinski definition) is 3. The van der Waals surface area contributed by atoms with Crippen molar-refractivity contribution in [2.45, 2.75) is 25.9 Å². The van der Waals surface area contributed by atoms with E-state index in [0.717, 1.165) is 12.6 Å². The number of nitrogens with one attached hydrogen (secondary N) is 3. The van der Waals surface area contributed by atoms with E-state index < -0.39 is 29.5 Å². The molecule has 1 aromatic heterocycles. The number of ether oxygens (including phenoxy) is 1. The van der Waals surface area contributed by atoms with Gasteiger partial charge in [0.25, 0.3) is 0 Å². The van der Waals surface area contributed by atoms with Crippen molar-refractivity contribution in [3.8, 4) is 0 Å². The lowest BCUT2D eigenvalue weighted by Gasteiger charge is -2.15. The van der Waals surface area contributed by atoms with Gasteiger partial charge in [-0.25, -0.2) is 19.6 Å². The molecule has 0 radical (unpaired) electrons. The SMILES string of the molecule is CCCCOC(=O)Nc1cccc(Nc2nc(NN=Cc3ccccc3F)ncc2C(F)(F)F)c1. The second-order valence-corrected chi connectivity index (χ2v) is 7.17. The number of hydrogen-bond acceptors (Lipinski definition) is 7. The van der Waals surface area contributed by atoms with Crippen LogP contribution in [0.25, 0.3) is 0 Å². The maximum Gasteiger partial charge on any atom is 0.421 e. The average Bonchev–Trinajstić information content (AvgIpc) is 2.80. The largest absolute Gasteiger partial charge is 0.449 e. The van der Waals surface area contributed by atoms with Crippen molar-refractivity contribution in [3.63, 3.8) is 0 Å². The average molecular weight is 490 g/mol. The molecule has 1 heterocycles. The van der Waals surface area contributed by atoms with Gasteiger partial charge in [-0.3, -0.25) is 5.32 Å². The van der Waals surface area contributed by atoms with Crippen molar-refractivity contribution in [3.05, 3.63) is 71.7 Å². The zero-order valence-corrected chi connectivity index (χ0v) is 18.6. The highest BCUT2D eigenvalue weighted by atomic mass is 19.4. The number of hydrazone groups is 1. The molecule has 0 spiro atoms. The van der Waals surface area contributed by atoms with Crippen LogP contribution in [0.3, 0.4) is 0 Å². The van der Waals surface area contributed by atoms with Crippen LogP contribution in [0, 0.1) is 5.82 Å². The van der Waals surface area contributed by atoms with E-state index in [9.17, 15) is 22.4 Å². The van der Waals surface area contributed by atoms with E-state index in [1.807, 2.05) is 6.92 Å². The Hall–Kier alpha value is -4.22. The van der Waals surface area contributed by atoms with Crippen LogP contribution in [-0.2, 0) is 10.9 Å². The molecule has 184 valence electrons. The summed E-state index contributed by atoms with van der Waals surface area (Å²) in [5.41, 5.74) is 1.98. The van der Waals surface area contributed by atoms with Crippen molar-refractivity contribution in [1.29, 1.82) is 0 Å². The summed E-state index contributed by atoms with van der Waals surface area (Å²) in [4.78, 5) is 19.3. The Bertz CT molecular complexity index is 1190. The number of halogens is 4. The third-order valence-corrected chi connectivity index (χ3v) is 4.47. The van der Waals surface area contributed by atoms with Gasteiger partial charge >= 0.3 is 12.3 Å². The zero-order valence-electron chi connectivity index (χ0n) is 18.6. The quantitative estimate of drug-likeness (QED) is 0.144. The molecule has 8 nitrogen and oxygen atoms in total. The molecule has 12 heteroatoms. The Balaban J connectivity index is 1.77. The number of unbranched alkanes of at least 4 members (excludes halogenated alkanes) is 1. The smallest absolute Gasteiger partial charge is 0.421 e. The number of nitrogens with zero attached hydrogens (tertiary/aromatic N) is 3. The molecule has 0 atom stereocenters. The molecule has 0 bridgehead atoms. The van der Waals surface area contributed by atoms with Gasteiger partial charge in [0.05, 0.1) is 12.8 Å². The Labute approximate surface area is 198 Å². The van der Waals surface area contributed by atoms with Crippen molar-refractivity contribution in [2.75, 3.05) is 22.7 Å². The molecule has 0 fully saturated rings. The second kappa shape index (κ2) is 11.8. The summed E-state index contributed by atoms with van der Waals surface area (Å²) in [7, 11) is 0.